The molecule has 9 nitrogen and oxygen atoms in total. The molecule has 11 heteroatoms. The molecule has 0 aliphatic carbocycles. The van der Waals surface area contributed by atoms with Gasteiger partial charge in [-0.05, 0) is 36.0 Å². The summed E-state index contributed by atoms with van der Waals surface area (Å²) in [5.74, 6) is -2.24. The lowest BCUT2D eigenvalue weighted by molar-refractivity contribution is 0.0768. The van der Waals surface area contributed by atoms with Crippen LogP contribution in [0.15, 0.2) is 30.5 Å². The van der Waals surface area contributed by atoms with Crippen LogP contribution in [-0.2, 0) is 25.7 Å². The highest BCUT2D eigenvalue weighted by Crippen LogP contribution is 2.32. The fourth-order valence-corrected chi connectivity index (χ4v) is 3.68. The van der Waals surface area contributed by atoms with Gasteiger partial charge in [0, 0.05) is 24.7 Å². The molecule has 0 aliphatic heterocycles. The molecule has 0 fully saturated rings. The Labute approximate surface area is 191 Å². The summed E-state index contributed by atoms with van der Waals surface area (Å²) in [6.45, 7) is 9.52. The van der Waals surface area contributed by atoms with Gasteiger partial charge >= 0.3 is 0 Å². The molecule has 0 spiro atoms. The number of hydrogen-bond donors (Lipinski definition) is 2. The van der Waals surface area contributed by atoms with E-state index in [1.165, 1.54) is 6.20 Å². The van der Waals surface area contributed by atoms with E-state index in [-0.39, 0.29) is 11.1 Å². The second kappa shape index (κ2) is 10.9. The monoisotopic (exact) mass is 490 g/mol. The number of nitrogens with zero attached hydrogens (tertiary/aromatic N) is 2. The second-order valence-electron chi connectivity index (χ2n) is 8.74. The number of hydrogen-bond acceptors (Lipinski definition) is 6. The van der Waals surface area contributed by atoms with Crippen molar-refractivity contribution in [2.75, 3.05) is 24.6 Å². The maximum atomic E-state index is 13.0. The normalized spacial score (nSPS) is 15.0. The summed E-state index contributed by atoms with van der Waals surface area (Å²) in [6.07, 6.45) is 7.42. The minimum atomic E-state index is -4.38. The van der Waals surface area contributed by atoms with Gasteiger partial charge in [-0.25, -0.2) is 0 Å². The van der Waals surface area contributed by atoms with Crippen LogP contribution in [0.2, 0.25) is 0 Å². The van der Waals surface area contributed by atoms with Crippen molar-refractivity contribution < 1.29 is 30.7 Å². The van der Waals surface area contributed by atoms with E-state index in [9.17, 15) is 21.6 Å². The maximum Gasteiger partial charge on any atom is 0.272 e. The number of rotatable bonds is 12. The van der Waals surface area contributed by atoms with E-state index in [0.29, 0.717) is 0 Å². The largest absolute Gasteiger partial charge is 0.335 e. The highest BCUT2D eigenvalue weighted by molar-refractivity contribution is 7.86. The summed E-state index contributed by atoms with van der Waals surface area (Å²) in [6, 6.07) is 3.40. The Balaban J connectivity index is 3.28. The minimum Gasteiger partial charge on any atom is -0.335 e. The predicted molar refractivity (Wildman–Crippen MR) is 124 cm³/mol. The SMILES string of the molecule is CCC(C)(C)/C=C/C(C)(CC)c1ccnc(C(=O)N(CCS(=O)(=O)O)CCS(=O)(=O)O)c1. The van der Waals surface area contributed by atoms with E-state index in [2.05, 4.69) is 37.9 Å². The molecule has 0 radical (unpaired) electrons. The van der Waals surface area contributed by atoms with Crippen molar-refractivity contribution in [3.05, 3.63) is 41.7 Å². The van der Waals surface area contributed by atoms with Gasteiger partial charge < -0.3 is 4.90 Å². The van der Waals surface area contributed by atoms with Crippen LogP contribution in [0.4, 0.5) is 0 Å². The molecule has 1 unspecified atom stereocenters. The third kappa shape index (κ3) is 9.35. The average Bonchev–Trinajstić information content (AvgIpc) is 2.70. The summed E-state index contributed by atoms with van der Waals surface area (Å²) in [5, 5.41) is 0. The van der Waals surface area contributed by atoms with Crippen molar-refractivity contribution in [3.63, 3.8) is 0 Å². The Morgan fingerprint density at radius 1 is 1.00 bits per heavy atom. The number of aromatic nitrogens is 1. The van der Waals surface area contributed by atoms with Crippen LogP contribution in [0, 0.1) is 5.41 Å². The highest BCUT2D eigenvalue weighted by atomic mass is 32.2. The summed E-state index contributed by atoms with van der Waals surface area (Å²) < 4.78 is 62.5. The first-order valence-corrected chi connectivity index (χ1v) is 13.6. The van der Waals surface area contributed by atoms with E-state index < -0.39 is 56.2 Å². The molecule has 0 aromatic carbocycles. The van der Waals surface area contributed by atoms with Gasteiger partial charge in [-0.15, -0.1) is 0 Å². The fourth-order valence-electron chi connectivity index (χ4n) is 2.78. The second-order valence-corrected chi connectivity index (χ2v) is 11.9. The van der Waals surface area contributed by atoms with Crippen molar-refractivity contribution >= 4 is 26.1 Å². The first-order chi connectivity index (χ1) is 14.5. The number of carbonyl (C=O) groups excluding carboxylic acids is 1. The molecule has 1 aromatic rings. The summed E-state index contributed by atoms with van der Waals surface area (Å²) >= 11 is 0. The van der Waals surface area contributed by atoms with Crippen LogP contribution in [0.3, 0.4) is 0 Å². The summed E-state index contributed by atoms with van der Waals surface area (Å²) in [5.41, 5.74) is 0.449. The van der Waals surface area contributed by atoms with Gasteiger partial charge in [-0.2, -0.15) is 16.8 Å². The smallest absolute Gasteiger partial charge is 0.272 e. The van der Waals surface area contributed by atoms with E-state index in [1.807, 2.05) is 13.8 Å². The molecule has 1 heterocycles. The van der Waals surface area contributed by atoms with Crippen molar-refractivity contribution in [1.82, 2.24) is 9.88 Å². The molecule has 0 saturated heterocycles. The van der Waals surface area contributed by atoms with Crippen molar-refractivity contribution in [2.45, 2.75) is 52.9 Å². The van der Waals surface area contributed by atoms with E-state index in [0.717, 1.165) is 23.3 Å². The predicted octanol–water partition coefficient (Wildman–Crippen LogP) is 2.96. The lowest BCUT2D eigenvalue weighted by Crippen LogP contribution is -2.39. The lowest BCUT2D eigenvalue weighted by atomic mass is 9.77. The Morgan fingerprint density at radius 2 is 1.53 bits per heavy atom. The van der Waals surface area contributed by atoms with Crippen LogP contribution in [0.5, 0.6) is 0 Å². The third-order valence-electron chi connectivity index (χ3n) is 5.71. The molecule has 1 rings (SSSR count). The summed E-state index contributed by atoms with van der Waals surface area (Å²) in [7, 11) is -8.77. The van der Waals surface area contributed by atoms with Gasteiger partial charge in [0.1, 0.15) is 5.69 Å². The average molecular weight is 491 g/mol. The Hall–Kier alpha value is -1.82. The molecule has 0 aliphatic rings. The van der Waals surface area contributed by atoms with Gasteiger partial charge in [0.2, 0.25) is 0 Å². The van der Waals surface area contributed by atoms with Gasteiger partial charge in [-0.3, -0.25) is 18.9 Å². The van der Waals surface area contributed by atoms with Crippen molar-refractivity contribution in [2.24, 2.45) is 5.41 Å². The van der Waals surface area contributed by atoms with Gasteiger partial charge in [0.05, 0.1) is 11.5 Å². The van der Waals surface area contributed by atoms with Gasteiger partial charge in [0.15, 0.2) is 0 Å². The Bertz CT molecular complexity index is 998. The van der Waals surface area contributed by atoms with Crippen LogP contribution >= 0.6 is 0 Å². The number of amides is 1. The Morgan fingerprint density at radius 3 is 1.97 bits per heavy atom. The summed E-state index contributed by atoms with van der Waals surface area (Å²) in [4.78, 5) is 18.0. The molecule has 2 N–H and O–H groups in total. The number of allylic oxidation sites excluding steroid dienone is 2. The number of pyridine rings is 1. The molecule has 1 atom stereocenters. The zero-order valence-corrected chi connectivity index (χ0v) is 20.9. The third-order valence-corrected chi connectivity index (χ3v) is 7.11. The van der Waals surface area contributed by atoms with E-state index in [4.69, 9.17) is 9.11 Å². The minimum absolute atomic E-state index is 0.00445. The molecular formula is C21H34N2O7S2. The topological polar surface area (TPSA) is 142 Å². The zero-order chi connectivity index (χ0) is 24.8. The van der Waals surface area contributed by atoms with Crippen molar-refractivity contribution in [1.29, 1.82) is 0 Å². The quantitative estimate of drug-likeness (QED) is 0.336. The standard InChI is InChI=1S/C21H34N2O7S2/c1-6-20(3,4)9-10-21(5,7-2)17-8-11-22-18(16-17)19(24)23(12-14-31(25,26)27)13-15-32(28,29)30/h8-11,16H,6-7,12-15H2,1-5H3,(H,25,26,27)(H,28,29,30)/b10-9+. The van der Waals surface area contributed by atoms with E-state index >= 15 is 0 Å². The van der Waals surface area contributed by atoms with Crippen LogP contribution in [-0.4, -0.2) is 66.3 Å². The molecule has 1 aromatic heterocycles. The number of carbonyl (C=O) groups is 1. The van der Waals surface area contributed by atoms with Crippen LogP contribution < -0.4 is 0 Å². The van der Waals surface area contributed by atoms with Crippen LogP contribution in [0.25, 0.3) is 0 Å². The fraction of sp³-hybridized carbons (Fsp3) is 0.619. The van der Waals surface area contributed by atoms with Crippen molar-refractivity contribution in [3.8, 4) is 0 Å². The Kier molecular flexibility index (Phi) is 9.58. The molecule has 1 amide bonds. The van der Waals surface area contributed by atoms with Crippen LogP contribution in [0.1, 0.15) is 63.5 Å². The van der Waals surface area contributed by atoms with E-state index in [1.54, 1.807) is 12.1 Å². The van der Waals surface area contributed by atoms with Gasteiger partial charge in [-0.1, -0.05) is 46.8 Å². The zero-order valence-electron chi connectivity index (χ0n) is 19.3. The first kappa shape index (κ1) is 28.2. The molecule has 32 heavy (non-hydrogen) atoms. The van der Waals surface area contributed by atoms with Gasteiger partial charge in [0.25, 0.3) is 26.1 Å². The lowest BCUT2D eigenvalue weighted by Gasteiger charge is -2.28. The molecule has 0 bridgehead atoms. The molecule has 182 valence electrons. The molecular weight excluding hydrogens is 456 g/mol. The highest BCUT2D eigenvalue weighted by Gasteiger charge is 2.26. The first-order valence-electron chi connectivity index (χ1n) is 10.4. The molecule has 0 saturated carbocycles. The maximum absolute atomic E-state index is 13.0.